The van der Waals surface area contributed by atoms with E-state index >= 15 is 0 Å². The summed E-state index contributed by atoms with van der Waals surface area (Å²) in [6.07, 6.45) is 3.77. The summed E-state index contributed by atoms with van der Waals surface area (Å²) in [4.78, 5) is 12.5. The van der Waals surface area contributed by atoms with Gasteiger partial charge in [0.1, 0.15) is 17.4 Å². The van der Waals surface area contributed by atoms with Crippen molar-refractivity contribution >= 4 is 5.78 Å². The van der Waals surface area contributed by atoms with E-state index in [1.54, 1.807) is 12.1 Å². The molecular weight excluding hydrogens is 350 g/mol. The number of carbonyl (C=O) groups is 1. The number of ketones is 1. The van der Waals surface area contributed by atoms with Gasteiger partial charge in [0.2, 0.25) is 0 Å². The minimum Gasteiger partial charge on any atom is -0.508 e. The number of hydrogen-bond acceptors (Lipinski definition) is 4. The molecule has 1 heterocycles. The zero-order chi connectivity index (χ0) is 19.7. The molecule has 28 heavy (non-hydrogen) atoms. The van der Waals surface area contributed by atoms with Gasteiger partial charge in [0.05, 0.1) is 0 Å². The Kier molecular flexibility index (Phi) is 4.99. The molecule has 1 aliphatic carbocycles. The number of nitrogens with zero attached hydrogens (tertiary/aromatic N) is 3. The number of aromatic nitrogens is 3. The van der Waals surface area contributed by atoms with E-state index in [0.29, 0.717) is 25.3 Å². The van der Waals surface area contributed by atoms with E-state index in [1.165, 1.54) is 11.1 Å². The standard InChI is InChI=1S/C23H25N3O2/c1-15-3-4-18(16(2)13-15)14-21(28)11-12-22-24-25-23(26(22)19-7-8-19)17-5-9-20(27)10-6-17/h3-6,9-10,13,19,27H,7-8,11-12,14H2,1-2H3. The van der Waals surface area contributed by atoms with Crippen molar-refractivity contribution in [3.63, 3.8) is 0 Å². The Bertz CT molecular complexity index is 1000. The lowest BCUT2D eigenvalue weighted by molar-refractivity contribution is -0.118. The van der Waals surface area contributed by atoms with Crippen molar-refractivity contribution in [3.8, 4) is 17.1 Å². The van der Waals surface area contributed by atoms with Gasteiger partial charge in [0.15, 0.2) is 5.82 Å². The Labute approximate surface area is 165 Å². The SMILES string of the molecule is Cc1ccc(CC(=O)CCc2nnc(-c3ccc(O)cc3)n2C2CC2)c(C)c1. The molecule has 1 fully saturated rings. The van der Waals surface area contributed by atoms with Crippen molar-refractivity contribution in [2.75, 3.05) is 0 Å². The molecule has 2 aromatic carbocycles. The molecule has 0 spiro atoms. The van der Waals surface area contributed by atoms with E-state index in [1.807, 2.05) is 12.1 Å². The lowest BCUT2D eigenvalue weighted by Crippen LogP contribution is -2.09. The van der Waals surface area contributed by atoms with Crippen LogP contribution in [0.15, 0.2) is 42.5 Å². The molecule has 0 atom stereocenters. The van der Waals surface area contributed by atoms with Crippen molar-refractivity contribution in [1.82, 2.24) is 14.8 Å². The molecule has 5 nitrogen and oxygen atoms in total. The van der Waals surface area contributed by atoms with Gasteiger partial charge in [-0.1, -0.05) is 23.8 Å². The van der Waals surface area contributed by atoms with Gasteiger partial charge in [-0.3, -0.25) is 4.79 Å². The molecule has 1 N–H and O–H groups in total. The van der Waals surface area contributed by atoms with Crippen LogP contribution in [0.5, 0.6) is 5.75 Å². The summed E-state index contributed by atoms with van der Waals surface area (Å²) in [5, 5.41) is 18.3. The first kappa shape index (κ1) is 18.4. The van der Waals surface area contributed by atoms with Crippen molar-refractivity contribution in [2.45, 2.75) is 52.0 Å². The Balaban J connectivity index is 1.47. The molecule has 0 saturated heterocycles. The molecule has 3 aromatic rings. The van der Waals surface area contributed by atoms with Gasteiger partial charge < -0.3 is 9.67 Å². The summed E-state index contributed by atoms with van der Waals surface area (Å²) in [7, 11) is 0. The average Bonchev–Trinajstić information content (AvgIpc) is 3.42. The highest BCUT2D eigenvalue weighted by molar-refractivity contribution is 5.81. The molecule has 0 unspecified atom stereocenters. The average molecular weight is 375 g/mol. The second-order valence-corrected chi connectivity index (χ2v) is 7.73. The molecule has 4 rings (SSSR count). The minimum atomic E-state index is 0.225. The first-order valence-electron chi connectivity index (χ1n) is 9.82. The topological polar surface area (TPSA) is 68.0 Å². The number of hydrogen-bond donors (Lipinski definition) is 1. The van der Waals surface area contributed by atoms with Crippen molar-refractivity contribution < 1.29 is 9.90 Å². The van der Waals surface area contributed by atoms with Crippen LogP contribution in [0.1, 0.15) is 47.8 Å². The van der Waals surface area contributed by atoms with Crippen molar-refractivity contribution in [2.24, 2.45) is 0 Å². The molecule has 1 aliphatic rings. The highest BCUT2D eigenvalue weighted by Crippen LogP contribution is 2.39. The number of phenols is 1. The lowest BCUT2D eigenvalue weighted by Gasteiger charge is -2.10. The number of Topliss-reactive ketones (excluding diaryl/α,β-unsaturated/α-hetero) is 1. The zero-order valence-electron chi connectivity index (χ0n) is 16.4. The first-order valence-corrected chi connectivity index (χ1v) is 9.82. The predicted molar refractivity (Wildman–Crippen MR) is 108 cm³/mol. The Morgan fingerprint density at radius 3 is 2.54 bits per heavy atom. The number of aryl methyl sites for hydroxylation is 3. The second-order valence-electron chi connectivity index (χ2n) is 7.73. The van der Waals surface area contributed by atoms with Crippen LogP contribution in [0, 0.1) is 13.8 Å². The molecule has 0 radical (unpaired) electrons. The van der Waals surface area contributed by atoms with Gasteiger partial charge in [-0.15, -0.1) is 10.2 Å². The maximum atomic E-state index is 12.5. The van der Waals surface area contributed by atoms with Crippen LogP contribution in [0.2, 0.25) is 0 Å². The van der Waals surface area contributed by atoms with Crippen LogP contribution in [0.25, 0.3) is 11.4 Å². The Hall–Kier alpha value is -2.95. The zero-order valence-corrected chi connectivity index (χ0v) is 16.4. The number of rotatable bonds is 7. The van der Waals surface area contributed by atoms with Crippen LogP contribution in [0.4, 0.5) is 0 Å². The van der Waals surface area contributed by atoms with Crippen LogP contribution in [-0.2, 0) is 17.6 Å². The van der Waals surface area contributed by atoms with Crippen LogP contribution < -0.4 is 0 Å². The fourth-order valence-corrected chi connectivity index (χ4v) is 3.61. The van der Waals surface area contributed by atoms with Crippen molar-refractivity contribution in [3.05, 3.63) is 65.0 Å². The molecular formula is C23H25N3O2. The lowest BCUT2D eigenvalue weighted by atomic mass is 9.99. The summed E-state index contributed by atoms with van der Waals surface area (Å²) >= 11 is 0. The monoisotopic (exact) mass is 375 g/mol. The molecule has 1 saturated carbocycles. The quantitative estimate of drug-likeness (QED) is 0.667. The van der Waals surface area contributed by atoms with Gasteiger partial charge >= 0.3 is 0 Å². The van der Waals surface area contributed by atoms with Gasteiger partial charge in [-0.05, 0) is 62.1 Å². The number of benzene rings is 2. The normalized spacial score (nSPS) is 13.6. The molecule has 1 aromatic heterocycles. The van der Waals surface area contributed by atoms with E-state index in [-0.39, 0.29) is 11.5 Å². The maximum absolute atomic E-state index is 12.5. The molecule has 144 valence electrons. The maximum Gasteiger partial charge on any atom is 0.164 e. The molecule has 0 amide bonds. The summed E-state index contributed by atoms with van der Waals surface area (Å²) in [6.45, 7) is 4.12. The van der Waals surface area contributed by atoms with Crippen molar-refractivity contribution in [1.29, 1.82) is 0 Å². The molecule has 0 aliphatic heterocycles. The Morgan fingerprint density at radius 1 is 1.11 bits per heavy atom. The third kappa shape index (κ3) is 3.98. The smallest absolute Gasteiger partial charge is 0.164 e. The summed E-state index contributed by atoms with van der Waals surface area (Å²) in [5.41, 5.74) is 4.42. The van der Waals surface area contributed by atoms with Crippen LogP contribution in [0.3, 0.4) is 0 Å². The number of aromatic hydroxyl groups is 1. The first-order chi connectivity index (χ1) is 13.5. The Morgan fingerprint density at radius 2 is 1.86 bits per heavy atom. The third-order valence-corrected chi connectivity index (χ3v) is 5.32. The number of carbonyl (C=O) groups excluding carboxylic acids is 1. The van der Waals surface area contributed by atoms with Crippen LogP contribution >= 0.6 is 0 Å². The minimum absolute atomic E-state index is 0.225. The summed E-state index contributed by atoms with van der Waals surface area (Å²) in [6, 6.07) is 13.7. The third-order valence-electron chi connectivity index (χ3n) is 5.32. The van der Waals surface area contributed by atoms with Crippen LogP contribution in [-0.4, -0.2) is 25.7 Å². The largest absolute Gasteiger partial charge is 0.508 e. The summed E-state index contributed by atoms with van der Waals surface area (Å²) in [5.74, 6) is 2.15. The number of phenolic OH excluding ortho intramolecular Hbond substituents is 1. The van der Waals surface area contributed by atoms with Gasteiger partial charge in [-0.2, -0.15) is 0 Å². The van der Waals surface area contributed by atoms with E-state index in [0.717, 1.165) is 35.6 Å². The fraction of sp³-hybridized carbons (Fsp3) is 0.348. The highest BCUT2D eigenvalue weighted by atomic mass is 16.3. The van der Waals surface area contributed by atoms with E-state index in [9.17, 15) is 9.90 Å². The predicted octanol–water partition coefficient (Wildman–Crippen LogP) is 4.35. The van der Waals surface area contributed by atoms with Gasteiger partial charge in [0, 0.05) is 30.9 Å². The van der Waals surface area contributed by atoms with E-state index < -0.39 is 0 Å². The molecule has 5 heteroatoms. The van der Waals surface area contributed by atoms with E-state index in [4.69, 9.17) is 0 Å². The van der Waals surface area contributed by atoms with Gasteiger partial charge in [0.25, 0.3) is 0 Å². The summed E-state index contributed by atoms with van der Waals surface area (Å²) < 4.78 is 2.18. The van der Waals surface area contributed by atoms with Gasteiger partial charge in [-0.25, -0.2) is 0 Å². The molecule has 0 bridgehead atoms. The van der Waals surface area contributed by atoms with E-state index in [2.05, 4.69) is 46.8 Å². The highest BCUT2D eigenvalue weighted by Gasteiger charge is 2.30. The fourth-order valence-electron chi connectivity index (χ4n) is 3.61. The second kappa shape index (κ2) is 7.58.